The molecule has 1 fully saturated rings. The van der Waals surface area contributed by atoms with Gasteiger partial charge in [0.15, 0.2) is 0 Å². The van der Waals surface area contributed by atoms with Crippen molar-refractivity contribution in [3.05, 3.63) is 98.0 Å². The maximum Gasteiger partial charge on any atom is 0.340 e. The van der Waals surface area contributed by atoms with Crippen LogP contribution in [-0.4, -0.2) is 76.1 Å². The Bertz CT molecular complexity index is 2570. The highest BCUT2D eigenvalue weighted by Gasteiger charge is 2.38. The number of methoxy groups -OCH3 is 1. The number of esters is 1. The minimum atomic E-state index is -0.417. The van der Waals surface area contributed by atoms with E-state index in [1.807, 2.05) is 66.8 Å². The predicted octanol–water partition coefficient (Wildman–Crippen LogP) is 9.90. The summed E-state index contributed by atoms with van der Waals surface area (Å²) < 4.78 is 17.7. The van der Waals surface area contributed by atoms with Crippen LogP contribution in [0, 0.1) is 33.6 Å². The Morgan fingerprint density at radius 3 is 2.38 bits per heavy atom. The molecule has 1 amide bonds. The van der Waals surface area contributed by atoms with Gasteiger partial charge in [0.05, 0.1) is 46.7 Å². The number of hydrogen-bond acceptors (Lipinski definition) is 6. The van der Waals surface area contributed by atoms with E-state index < -0.39 is 5.97 Å². The molecular weight excluding hydrogens is 771 g/mol. The fraction of sp³-hybridized carbons (Fsp3) is 0.413. The highest BCUT2D eigenvalue weighted by atomic mass is 35.5. The second-order valence-corrected chi connectivity index (χ2v) is 17.2. The number of halogens is 2. The zero-order chi connectivity index (χ0) is 41.2. The van der Waals surface area contributed by atoms with Gasteiger partial charge in [-0.2, -0.15) is 5.10 Å². The molecule has 1 saturated heterocycles. The smallest absolute Gasteiger partial charge is 0.340 e. The summed E-state index contributed by atoms with van der Waals surface area (Å²) in [5, 5.41) is 8.23. The first-order chi connectivity index (χ1) is 27.8. The van der Waals surface area contributed by atoms with E-state index in [-0.39, 0.29) is 11.9 Å². The van der Waals surface area contributed by atoms with Crippen molar-refractivity contribution in [3.8, 4) is 16.9 Å². The molecule has 0 unspecified atom stereocenters. The van der Waals surface area contributed by atoms with Crippen molar-refractivity contribution in [3.63, 3.8) is 0 Å². The monoisotopic (exact) mass is 822 g/mol. The van der Waals surface area contributed by atoms with Gasteiger partial charge in [0.25, 0.3) is 5.91 Å². The maximum atomic E-state index is 15.3. The number of aryl methyl sites for hydroxylation is 5. The van der Waals surface area contributed by atoms with Gasteiger partial charge in [-0.25, -0.2) is 4.79 Å². The molecule has 0 bridgehead atoms. The van der Waals surface area contributed by atoms with Gasteiger partial charge in [-0.1, -0.05) is 41.4 Å². The van der Waals surface area contributed by atoms with Crippen molar-refractivity contribution in [2.24, 2.45) is 13.0 Å². The summed E-state index contributed by atoms with van der Waals surface area (Å²) in [4.78, 5) is 32.4. The van der Waals surface area contributed by atoms with E-state index in [2.05, 4.69) is 48.0 Å². The van der Waals surface area contributed by atoms with Gasteiger partial charge in [-0.3, -0.25) is 9.48 Å². The third-order valence-electron chi connectivity index (χ3n) is 12.4. The highest BCUT2D eigenvalue weighted by molar-refractivity contribution is 6.35. The Labute approximate surface area is 350 Å². The molecule has 8 rings (SSSR count). The van der Waals surface area contributed by atoms with Crippen LogP contribution in [-0.2, 0) is 24.8 Å². The number of benzene rings is 3. The minimum Gasteiger partial charge on any atom is -0.494 e. The molecule has 1 atom stereocenters. The summed E-state index contributed by atoms with van der Waals surface area (Å²) in [6.45, 7) is 14.3. The van der Waals surface area contributed by atoms with Gasteiger partial charge in [0.2, 0.25) is 0 Å². The lowest BCUT2D eigenvalue weighted by molar-refractivity contribution is 0.0602. The number of para-hydroxylation sites is 1. The summed E-state index contributed by atoms with van der Waals surface area (Å²) in [5.74, 6) is 0.818. The van der Waals surface area contributed by atoms with Gasteiger partial charge >= 0.3 is 5.97 Å². The number of piperidine rings is 1. The normalized spacial score (nSPS) is 16.5. The number of nitrogens with zero attached hydrogens (tertiary/aromatic N) is 6. The largest absolute Gasteiger partial charge is 0.494 e. The number of likely N-dealkylation sites (tertiary alicyclic amines) is 1. The Morgan fingerprint density at radius 2 is 1.67 bits per heavy atom. The topological polar surface area (TPSA) is 86.8 Å². The van der Waals surface area contributed by atoms with Gasteiger partial charge in [0.1, 0.15) is 11.4 Å². The van der Waals surface area contributed by atoms with E-state index in [1.54, 1.807) is 6.20 Å². The van der Waals surface area contributed by atoms with E-state index in [0.717, 1.165) is 110 Å². The number of hydrogen-bond donors (Lipinski definition) is 0. The molecular formula is C46H52Cl2N6O4. The average Bonchev–Trinajstić information content (AvgIpc) is 3.82. The van der Waals surface area contributed by atoms with E-state index in [4.69, 9.17) is 37.8 Å². The number of carbonyl (C=O) groups excluding carboxylic acids is 2. The molecule has 0 saturated carbocycles. The van der Waals surface area contributed by atoms with Crippen LogP contribution < -0.4 is 9.64 Å². The lowest BCUT2D eigenvalue weighted by Crippen LogP contribution is -2.43. The highest BCUT2D eigenvalue weighted by Crippen LogP contribution is 2.46. The Balaban J connectivity index is 1.25. The van der Waals surface area contributed by atoms with Gasteiger partial charge in [-0.15, -0.1) is 0 Å². The second kappa shape index (κ2) is 15.8. The number of anilines is 1. The SMILES string of the molecule is COC(=O)c1cn(C)c2c(N3C[C@@H](C)n4c(c(CCCOc5cc(C)c(Cl)c(C)c5)c5ccc(Cl)c(-c6c(C)nn(CC7CCN(C)CC7)c6C)c54)C3=O)cccc12. The van der Waals surface area contributed by atoms with Gasteiger partial charge in [-0.05, 0) is 127 Å². The second-order valence-electron chi connectivity index (χ2n) is 16.4. The molecule has 304 valence electrons. The van der Waals surface area contributed by atoms with Crippen molar-refractivity contribution >= 4 is 62.6 Å². The number of fused-ring (bicyclic) bond motifs is 4. The van der Waals surface area contributed by atoms with E-state index in [0.29, 0.717) is 48.2 Å². The van der Waals surface area contributed by atoms with Crippen LogP contribution in [0.1, 0.15) is 81.2 Å². The number of aromatic nitrogens is 4. The molecule has 0 N–H and O–H groups in total. The lowest BCUT2D eigenvalue weighted by atomic mass is 9.96. The number of carbonyl (C=O) groups is 2. The fourth-order valence-corrected chi connectivity index (χ4v) is 9.82. The molecule has 0 spiro atoms. The zero-order valence-corrected chi connectivity index (χ0v) is 36.2. The quantitative estimate of drug-likeness (QED) is 0.101. The molecule has 6 aromatic rings. The zero-order valence-electron chi connectivity index (χ0n) is 34.7. The Morgan fingerprint density at radius 1 is 0.948 bits per heavy atom. The third-order valence-corrected chi connectivity index (χ3v) is 13.3. The Hall–Kier alpha value is -4.77. The summed E-state index contributed by atoms with van der Waals surface area (Å²) in [6, 6.07) is 13.6. The molecule has 2 aliphatic heterocycles. The van der Waals surface area contributed by atoms with Crippen LogP contribution in [0.3, 0.4) is 0 Å². The minimum absolute atomic E-state index is 0.101. The summed E-state index contributed by atoms with van der Waals surface area (Å²) in [6.07, 6.45) is 5.35. The van der Waals surface area contributed by atoms with Crippen molar-refractivity contribution < 1.29 is 19.1 Å². The average molecular weight is 824 g/mol. The van der Waals surface area contributed by atoms with E-state index >= 15 is 4.79 Å². The van der Waals surface area contributed by atoms with Gasteiger partial charge < -0.3 is 28.4 Å². The summed E-state index contributed by atoms with van der Waals surface area (Å²) in [7, 11) is 5.47. The van der Waals surface area contributed by atoms with E-state index in [1.165, 1.54) is 7.11 Å². The number of amides is 1. The van der Waals surface area contributed by atoms with Crippen LogP contribution in [0.4, 0.5) is 5.69 Å². The van der Waals surface area contributed by atoms with Gasteiger partial charge in [0, 0.05) is 65.0 Å². The third kappa shape index (κ3) is 6.86. The molecule has 3 aromatic heterocycles. The molecule has 3 aromatic carbocycles. The molecule has 58 heavy (non-hydrogen) atoms. The predicted molar refractivity (Wildman–Crippen MR) is 233 cm³/mol. The van der Waals surface area contributed by atoms with Crippen LogP contribution in [0.25, 0.3) is 32.9 Å². The van der Waals surface area contributed by atoms with E-state index in [9.17, 15) is 4.79 Å². The maximum absolute atomic E-state index is 15.3. The summed E-state index contributed by atoms with van der Waals surface area (Å²) >= 11 is 13.7. The molecule has 0 radical (unpaired) electrons. The van der Waals surface area contributed by atoms with Crippen LogP contribution in [0.5, 0.6) is 5.75 Å². The fourth-order valence-electron chi connectivity index (χ4n) is 9.46. The lowest BCUT2D eigenvalue weighted by Gasteiger charge is -2.35. The first-order valence-electron chi connectivity index (χ1n) is 20.2. The first-order valence-corrected chi connectivity index (χ1v) is 21.0. The Kier molecular flexibility index (Phi) is 10.9. The number of ether oxygens (including phenoxy) is 2. The van der Waals surface area contributed by atoms with Crippen LogP contribution >= 0.6 is 23.2 Å². The van der Waals surface area contributed by atoms with Crippen molar-refractivity contribution in [1.29, 1.82) is 0 Å². The molecule has 2 aliphatic rings. The molecule has 5 heterocycles. The molecule has 10 nitrogen and oxygen atoms in total. The van der Waals surface area contributed by atoms with Crippen LogP contribution in [0.15, 0.2) is 48.7 Å². The van der Waals surface area contributed by atoms with Crippen molar-refractivity contribution in [2.75, 3.05) is 45.3 Å². The first kappa shape index (κ1) is 40.0. The van der Waals surface area contributed by atoms with Crippen molar-refractivity contribution in [1.82, 2.24) is 23.8 Å². The summed E-state index contributed by atoms with van der Waals surface area (Å²) in [5.41, 5.74) is 10.5. The van der Waals surface area contributed by atoms with Crippen LogP contribution in [0.2, 0.25) is 10.0 Å². The van der Waals surface area contributed by atoms with Crippen molar-refractivity contribution in [2.45, 2.75) is 72.9 Å². The molecule has 0 aliphatic carbocycles. The standard InChI is InChI=1S/C46H52Cl2N6O4/c1-26-21-32(22-27(2)41(26)48)58-20-10-12-33-35-14-15-37(47)40(39-29(4)49-53(30(39)5)24-31-16-18-50(6)19-17-31)43(35)54-28(3)23-52(45(55)44(33)54)38-13-9-11-34-36(46(56)57-8)25-51(7)42(34)38/h9,11,13-15,21-22,25,28,31H,10,12,16-20,23-24H2,1-8H3/t28-/m1/s1. The molecule has 12 heteroatoms. The number of rotatable bonds is 10.